The van der Waals surface area contributed by atoms with Crippen molar-refractivity contribution < 1.29 is 19.1 Å². The van der Waals surface area contributed by atoms with Crippen molar-refractivity contribution >= 4 is 12.2 Å². The summed E-state index contributed by atoms with van der Waals surface area (Å²) >= 11 is 0. The molecule has 2 amide bonds. The first-order valence-corrected chi connectivity index (χ1v) is 23.2. The Hall–Kier alpha value is -4.51. The van der Waals surface area contributed by atoms with Crippen LogP contribution < -0.4 is 22.1 Å². The third kappa shape index (κ3) is 50.1. The van der Waals surface area contributed by atoms with Gasteiger partial charge < -0.3 is 51.1 Å². The van der Waals surface area contributed by atoms with Gasteiger partial charge in [-0.2, -0.15) is 15.8 Å². The number of nitrogens with zero attached hydrogens (tertiary/aromatic N) is 9. The van der Waals surface area contributed by atoms with E-state index in [4.69, 9.17) is 49.9 Å². The van der Waals surface area contributed by atoms with Crippen molar-refractivity contribution in [3.8, 4) is 18.2 Å². The number of carbonyl (C=O) groups excluding carboxylic acids is 2. The van der Waals surface area contributed by atoms with Crippen molar-refractivity contribution in [2.75, 3.05) is 118 Å². The summed E-state index contributed by atoms with van der Waals surface area (Å²) in [4.78, 5) is 39.4. The zero-order chi connectivity index (χ0) is 48.7. The molecule has 0 radical (unpaired) electrons. The van der Waals surface area contributed by atoms with Crippen LogP contribution in [-0.2, 0) is 9.47 Å². The van der Waals surface area contributed by atoms with Gasteiger partial charge in [0.1, 0.15) is 11.2 Å². The van der Waals surface area contributed by atoms with Gasteiger partial charge in [0.15, 0.2) is 0 Å². The molecule has 0 aliphatic rings. The summed E-state index contributed by atoms with van der Waals surface area (Å²) in [6, 6.07) is 6.08. The Kier molecular flexibility index (Phi) is 44.9. The normalized spacial score (nSPS) is 10.9. The predicted octanol–water partition coefficient (Wildman–Crippen LogP) is 6.41. The molecule has 0 heterocycles. The molecule has 0 bridgehead atoms. The first kappa shape index (κ1) is 63.8. The molecule has 0 saturated heterocycles. The molecular formula is C47H87N13O4. The lowest BCUT2D eigenvalue weighted by Crippen LogP contribution is -2.41. The number of unbranched alkanes of at least 4 members (excludes halogenated alkanes) is 6. The van der Waals surface area contributed by atoms with Gasteiger partial charge in [-0.15, -0.1) is 0 Å². The zero-order valence-electron chi connectivity index (χ0n) is 40.8. The molecule has 0 atom stereocenters. The molecule has 0 rings (SSSR count). The fourth-order valence-corrected chi connectivity index (χ4v) is 5.97. The Morgan fingerprint density at radius 2 is 0.875 bits per heavy atom. The van der Waals surface area contributed by atoms with Crippen LogP contribution in [0.1, 0.15) is 119 Å². The molecule has 0 aliphatic carbocycles. The Labute approximate surface area is 389 Å². The van der Waals surface area contributed by atoms with Gasteiger partial charge in [-0.25, -0.2) is 22.7 Å². The molecule has 364 valence electrons. The summed E-state index contributed by atoms with van der Waals surface area (Å²) in [6.45, 7) is 42.2. The van der Waals surface area contributed by atoms with Gasteiger partial charge in [0.25, 0.3) is 0 Å². The van der Waals surface area contributed by atoms with E-state index in [1.54, 1.807) is 6.07 Å². The summed E-state index contributed by atoms with van der Waals surface area (Å²) in [5.41, 5.74) is 10.2. The van der Waals surface area contributed by atoms with Crippen molar-refractivity contribution in [2.45, 2.75) is 130 Å². The third-order valence-corrected chi connectivity index (χ3v) is 9.19. The lowest BCUT2D eigenvalue weighted by molar-refractivity contribution is 0.0515. The van der Waals surface area contributed by atoms with Crippen molar-refractivity contribution in [2.24, 2.45) is 11.5 Å². The van der Waals surface area contributed by atoms with E-state index in [0.717, 1.165) is 117 Å². The quantitative estimate of drug-likeness (QED) is 0.0312. The highest BCUT2D eigenvalue weighted by Gasteiger charge is 2.17. The Morgan fingerprint density at radius 3 is 1.17 bits per heavy atom. The van der Waals surface area contributed by atoms with Gasteiger partial charge in [0.2, 0.25) is 13.1 Å². The first-order chi connectivity index (χ1) is 30.6. The summed E-state index contributed by atoms with van der Waals surface area (Å²) in [6.07, 6.45) is 12.0. The molecule has 0 aromatic rings. The highest BCUT2D eigenvalue weighted by atomic mass is 16.6. The van der Waals surface area contributed by atoms with Crippen molar-refractivity contribution in [3.63, 3.8) is 0 Å². The second-order valence-electron chi connectivity index (χ2n) is 17.2. The van der Waals surface area contributed by atoms with Crippen LogP contribution in [0.4, 0.5) is 9.59 Å². The van der Waals surface area contributed by atoms with Gasteiger partial charge in [-0.05, 0) is 119 Å². The van der Waals surface area contributed by atoms with Crippen molar-refractivity contribution in [3.05, 3.63) is 35.5 Å². The number of nitrogens with one attached hydrogen (secondary N) is 2. The first-order valence-electron chi connectivity index (χ1n) is 23.2. The van der Waals surface area contributed by atoms with Gasteiger partial charge >= 0.3 is 12.2 Å². The van der Waals surface area contributed by atoms with Crippen LogP contribution in [0.2, 0.25) is 0 Å². The number of nitrogens with two attached hydrogens (primary N) is 2. The van der Waals surface area contributed by atoms with Crippen molar-refractivity contribution in [1.29, 1.82) is 15.8 Å². The summed E-state index contributed by atoms with van der Waals surface area (Å²) in [5, 5.41) is 31.0. The maximum Gasteiger partial charge on any atom is 0.407 e. The Bertz CT molecular complexity index is 1280. The average molecular weight is 898 g/mol. The van der Waals surface area contributed by atoms with Crippen LogP contribution in [0.25, 0.3) is 9.69 Å². The summed E-state index contributed by atoms with van der Waals surface area (Å²) in [5.74, 6) is 0. The lowest BCUT2D eigenvalue weighted by atomic mass is 10.2. The number of allylic oxidation sites excluding steroid dienone is 1. The van der Waals surface area contributed by atoms with E-state index in [9.17, 15) is 9.59 Å². The van der Waals surface area contributed by atoms with Crippen LogP contribution in [-0.4, -0.2) is 161 Å². The topological polar surface area (TPSA) is 222 Å². The predicted molar refractivity (Wildman–Crippen MR) is 258 cm³/mol. The van der Waals surface area contributed by atoms with E-state index in [0.29, 0.717) is 65.2 Å². The van der Waals surface area contributed by atoms with E-state index in [1.165, 1.54) is 18.9 Å². The van der Waals surface area contributed by atoms with Crippen LogP contribution >= 0.6 is 0 Å². The maximum atomic E-state index is 11.7. The Morgan fingerprint density at radius 1 is 0.562 bits per heavy atom. The molecule has 0 fully saturated rings. The lowest BCUT2D eigenvalue weighted by Gasteiger charge is -2.29. The molecule has 0 aromatic carbocycles. The highest BCUT2D eigenvalue weighted by Crippen LogP contribution is 2.09. The molecule has 17 nitrogen and oxygen atoms in total. The molecule has 0 spiro atoms. The van der Waals surface area contributed by atoms with E-state index in [2.05, 4.69) is 58.6 Å². The maximum absolute atomic E-state index is 11.7. The molecule has 0 aromatic heterocycles. The largest absolute Gasteiger partial charge is 0.444 e. The molecular weight excluding hydrogens is 811 g/mol. The minimum Gasteiger partial charge on any atom is -0.444 e. The third-order valence-electron chi connectivity index (χ3n) is 9.19. The van der Waals surface area contributed by atoms with E-state index in [-0.39, 0.29) is 12.2 Å². The number of ether oxygens (including phenoxy) is 2. The second-order valence-corrected chi connectivity index (χ2v) is 17.2. The standard InChI is InChI=1S/C27H46N8O2.C17H38N4O2.C3H3N/c1-27(2,3)37-26(36)32-14-8-6-7-9-17-35(24-22-33(18-10-12-28)20-15-30-4)25-23-34(19-11-13-29)21-16-31-5;1-17(2,3)23-16(22)20-12-6-4-5-7-13-21(14-8-10-18)15-9-11-19;1-2-3-4/h6-11,14-25H2,1-3H3,(H,32,36);4-15,18-19H2,1-3H3,(H,20,22);2H,1H2. The monoisotopic (exact) mass is 898 g/mol. The van der Waals surface area contributed by atoms with Gasteiger partial charge in [-0.1, -0.05) is 32.3 Å². The molecule has 0 aliphatic heterocycles. The summed E-state index contributed by atoms with van der Waals surface area (Å²) in [7, 11) is 0. The van der Waals surface area contributed by atoms with Crippen LogP contribution in [0, 0.1) is 47.1 Å². The number of carbonyl (C=O) groups is 2. The van der Waals surface area contributed by atoms with Crippen LogP contribution in [0.5, 0.6) is 0 Å². The SMILES string of the molecule is C=CC#N.CC(C)(C)OC(=O)NCCCCCCN(CCCN)CCCN.[C-]#[N+]CCN(CCC#N)CCN(CCCCCCNC(=O)OC(C)(C)C)CCN(CCC#N)CC[N+]#[C-]. The van der Waals surface area contributed by atoms with Crippen molar-refractivity contribution in [1.82, 2.24) is 30.2 Å². The Balaban J connectivity index is -0.00000117. The zero-order valence-corrected chi connectivity index (χ0v) is 40.8. The number of alkyl carbamates (subject to hydrolysis) is 2. The fraction of sp³-hybridized carbons (Fsp3) is 0.809. The number of hydrogen-bond donors (Lipinski definition) is 4. The molecule has 64 heavy (non-hydrogen) atoms. The highest BCUT2D eigenvalue weighted by molar-refractivity contribution is 5.67. The second kappa shape index (κ2) is 45.1. The summed E-state index contributed by atoms with van der Waals surface area (Å²) < 4.78 is 10.4. The molecule has 17 heteroatoms. The molecule has 0 saturated carbocycles. The minimum absolute atomic E-state index is 0.327. The fourth-order valence-electron chi connectivity index (χ4n) is 5.97. The van der Waals surface area contributed by atoms with E-state index >= 15 is 0 Å². The number of amides is 2. The van der Waals surface area contributed by atoms with Gasteiger partial charge in [0.05, 0.1) is 31.3 Å². The number of nitriles is 3. The van der Waals surface area contributed by atoms with Gasteiger partial charge in [0, 0.05) is 71.3 Å². The van der Waals surface area contributed by atoms with E-state index in [1.807, 2.05) is 41.5 Å². The number of rotatable bonds is 34. The van der Waals surface area contributed by atoms with Gasteiger partial charge in [-0.3, -0.25) is 9.80 Å². The smallest absolute Gasteiger partial charge is 0.407 e. The van der Waals surface area contributed by atoms with E-state index < -0.39 is 11.2 Å². The average Bonchev–Trinajstić information content (AvgIpc) is 3.24. The molecule has 6 N–H and O–H groups in total. The van der Waals surface area contributed by atoms with Crippen LogP contribution in [0.15, 0.2) is 12.7 Å². The number of hydrogen-bond acceptors (Lipinski definition) is 13. The molecule has 0 unspecified atom stereocenters. The van der Waals surface area contributed by atoms with Crippen LogP contribution in [0.3, 0.4) is 0 Å². The minimum atomic E-state index is -0.492.